The molecule has 4 saturated carbocycles. The number of carbonyl (C=O) groups is 2. The zero-order valence-electron chi connectivity index (χ0n) is 83.8. The zero-order valence-corrected chi connectivity index (χ0v) is 83.8. The van der Waals surface area contributed by atoms with Gasteiger partial charge in [-0.3, -0.25) is 29.5 Å². The number of ether oxygens (including phenoxy) is 9. The van der Waals surface area contributed by atoms with Crippen LogP contribution in [0.4, 0.5) is 57.7 Å². The van der Waals surface area contributed by atoms with Gasteiger partial charge in [-0.1, -0.05) is 0 Å². The molecule has 0 radical (unpaired) electrons. The number of nitrogens with two attached hydrogens (primary N) is 4. The molecule has 8 aromatic heterocycles. The standard InChI is InChI=1S/C24H28N6O3.C22H29N7O.C21H25N7O.C21H24N6O2.4C4H10O/c25-16-11-20-23(27-9-8-26-20)21(12-16)33-19-4-2-17(3-5-19)29-22-6-1-15(13-28-22)24(31)30-18-7-10-32-14-18;1-3-29(4-2)17-13-26-22(27-14-17)28-16-5-7-18(8-6-16)30-20-12-15(23)11-19-21(20)25-10-9-24-19;22-14-10-18-20(24-7-6-23-18)19(11-14)29-17-4-2-15(3-5-17)27-21-25-12-16(13-26-21)28-8-1-9-28;1-23-21(28)13-2-7-19(26-12-13)27-15-3-5-16(6-4-15)29-18-11-14(22)10-17-20(18)25-9-8-24-17;4*1-3-5-4-2/h1,6,8-9,11-13,17-19H,2-5,7,10,14,25H2,(H,28,29)(H,30,31);9-14,16,18H,3-8,23H2,1-2H3,(H,26,27,28);6-7,10-13,15,17H,1-5,8-9,22H2,(H,25,26,27);2,7-12,15-16H,3-6,22H2,1H3,(H,23,28)(H,26,27);4*3-4H2,1-2H3/t17?,18-,19?;;;;;;;/m0......./s1. The Kier molecular flexibility index (Phi) is 44.9. The molecule has 14 N–H and O–H groups in total. The quantitative estimate of drug-likeness (QED) is 0.0180. The number of nitrogen functional groups attached to an aromatic ring is 4. The maximum absolute atomic E-state index is 12.3. The Morgan fingerprint density at radius 2 is 0.674 bits per heavy atom. The first-order valence-electron chi connectivity index (χ1n) is 50.0. The highest BCUT2D eigenvalue weighted by Crippen LogP contribution is 2.37. The average Bonchev–Trinajstić information content (AvgIpc) is 1.14. The van der Waals surface area contributed by atoms with Crippen molar-refractivity contribution in [1.82, 2.24) is 80.4 Å². The van der Waals surface area contributed by atoms with E-state index in [2.05, 4.69) is 125 Å². The number of rotatable bonds is 31. The number of aromatic nitrogens is 14. The van der Waals surface area contributed by atoms with Crippen LogP contribution in [0, 0.1) is 0 Å². The minimum Gasteiger partial charge on any atom is -0.488 e. The molecule has 18 rings (SSSR count). The normalized spacial score (nSPS) is 18.9. The lowest BCUT2D eigenvalue weighted by atomic mass is 9.93. The van der Waals surface area contributed by atoms with E-state index in [0.717, 1.165) is 261 Å². The summed E-state index contributed by atoms with van der Waals surface area (Å²) in [5, 5.41) is 19.4. The number of benzene rings is 4. The van der Waals surface area contributed by atoms with E-state index in [4.69, 9.17) is 65.6 Å². The lowest BCUT2D eigenvalue weighted by molar-refractivity contribution is 0.0927. The van der Waals surface area contributed by atoms with Gasteiger partial charge in [-0.15, -0.1) is 0 Å². The Morgan fingerprint density at radius 3 is 0.943 bits per heavy atom. The van der Waals surface area contributed by atoms with Crippen LogP contribution in [0.25, 0.3) is 44.1 Å². The molecule has 4 aliphatic carbocycles. The van der Waals surface area contributed by atoms with E-state index in [0.29, 0.717) is 100 Å². The van der Waals surface area contributed by atoms with Crippen molar-refractivity contribution in [2.24, 2.45) is 0 Å². The second-order valence-corrected chi connectivity index (χ2v) is 34.4. The smallest absolute Gasteiger partial charge is 0.253 e. The second kappa shape index (κ2) is 58.6. The third-order valence-corrected chi connectivity index (χ3v) is 24.3. The monoisotopic (exact) mass is 1940 g/mol. The lowest BCUT2D eigenvalue weighted by Crippen LogP contribution is -2.37. The third kappa shape index (κ3) is 34.8. The molecule has 6 aliphatic rings. The van der Waals surface area contributed by atoms with E-state index >= 15 is 0 Å². The summed E-state index contributed by atoms with van der Waals surface area (Å²) in [5.74, 6) is 5.50. The van der Waals surface area contributed by atoms with Crippen LogP contribution in [-0.2, 0) is 23.7 Å². The van der Waals surface area contributed by atoms with Crippen LogP contribution in [0.1, 0.15) is 206 Å². The van der Waals surface area contributed by atoms with Gasteiger partial charge in [-0.25, -0.2) is 49.8 Å². The number of nitrogens with one attached hydrogen (secondary N) is 6. The predicted octanol–water partition coefficient (Wildman–Crippen LogP) is 16.5. The number of amides is 2. The van der Waals surface area contributed by atoms with Crippen molar-refractivity contribution < 1.29 is 52.2 Å². The van der Waals surface area contributed by atoms with Gasteiger partial charge in [-0.2, -0.15) is 0 Å². The van der Waals surface area contributed by atoms with Gasteiger partial charge < -0.3 is 107 Å². The van der Waals surface area contributed by atoms with Crippen molar-refractivity contribution in [2.45, 2.75) is 239 Å². The van der Waals surface area contributed by atoms with Gasteiger partial charge in [-0.05, 0) is 233 Å². The number of anilines is 10. The van der Waals surface area contributed by atoms with Crippen LogP contribution >= 0.6 is 0 Å². The van der Waals surface area contributed by atoms with Crippen molar-refractivity contribution in [3.05, 3.63) is 171 Å². The minimum absolute atomic E-state index is 0.0880. The Morgan fingerprint density at radius 1 is 0.362 bits per heavy atom. The van der Waals surface area contributed by atoms with Crippen LogP contribution in [0.2, 0.25) is 0 Å². The molecule has 0 unspecified atom stereocenters. The van der Waals surface area contributed by atoms with Gasteiger partial charge in [0.15, 0.2) is 0 Å². The topological polar surface area (TPSA) is 480 Å². The first kappa shape index (κ1) is 108. The maximum atomic E-state index is 12.3. The van der Waals surface area contributed by atoms with Crippen LogP contribution in [-0.4, -0.2) is 236 Å². The van der Waals surface area contributed by atoms with Gasteiger partial charge >= 0.3 is 0 Å². The molecule has 6 fully saturated rings. The molecule has 2 saturated heterocycles. The highest BCUT2D eigenvalue weighted by Gasteiger charge is 2.30. The van der Waals surface area contributed by atoms with E-state index in [-0.39, 0.29) is 42.3 Å². The van der Waals surface area contributed by atoms with Crippen molar-refractivity contribution >= 4 is 114 Å². The van der Waals surface area contributed by atoms with Crippen molar-refractivity contribution in [3.8, 4) is 23.0 Å². The summed E-state index contributed by atoms with van der Waals surface area (Å²) in [6, 6.07) is 23.3. The molecule has 12 aromatic rings. The fraction of sp³-hybridized carbons (Fsp3) is 0.500. The van der Waals surface area contributed by atoms with Crippen LogP contribution < -0.4 is 83.6 Å². The van der Waals surface area contributed by atoms with E-state index in [1.54, 1.807) is 93.3 Å². The number of hydrogen-bond donors (Lipinski definition) is 10. The minimum atomic E-state index is -0.138. The van der Waals surface area contributed by atoms with Crippen molar-refractivity contribution in [3.63, 3.8) is 0 Å². The Labute approximate surface area is 828 Å². The Hall–Kier alpha value is -13.4. The molecule has 758 valence electrons. The molecule has 0 bridgehead atoms. The molecular formula is C104H146N26O11. The van der Waals surface area contributed by atoms with E-state index in [1.807, 2.05) is 129 Å². The van der Waals surface area contributed by atoms with E-state index < -0.39 is 0 Å². The van der Waals surface area contributed by atoms with Gasteiger partial charge in [0.1, 0.15) is 56.7 Å². The Balaban J connectivity index is 0.000000168. The number of carbonyl (C=O) groups excluding carboxylic acids is 2. The van der Waals surface area contributed by atoms with Crippen LogP contribution in [0.3, 0.4) is 0 Å². The van der Waals surface area contributed by atoms with Crippen molar-refractivity contribution in [2.75, 3.05) is 153 Å². The summed E-state index contributed by atoms with van der Waals surface area (Å²) < 4.78 is 49.7. The van der Waals surface area contributed by atoms with Crippen LogP contribution in [0.5, 0.6) is 23.0 Å². The summed E-state index contributed by atoms with van der Waals surface area (Å²) >= 11 is 0. The Bertz CT molecular complexity index is 5620. The second-order valence-electron chi connectivity index (χ2n) is 34.4. The number of hydrogen-bond acceptors (Lipinski definition) is 35. The molecule has 2 aliphatic heterocycles. The molecule has 141 heavy (non-hydrogen) atoms. The van der Waals surface area contributed by atoms with Gasteiger partial charge in [0.05, 0.1) is 106 Å². The lowest BCUT2D eigenvalue weighted by Gasteiger charge is -2.32. The van der Waals surface area contributed by atoms with Gasteiger partial charge in [0, 0.05) is 226 Å². The number of nitrogens with zero attached hydrogens (tertiary/aromatic N) is 16. The molecular weight excluding hydrogens is 1790 g/mol. The average molecular weight is 1940 g/mol. The largest absolute Gasteiger partial charge is 0.488 e. The fourth-order valence-corrected chi connectivity index (χ4v) is 16.8. The molecule has 4 aromatic carbocycles. The van der Waals surface area contributed by atoms with E-state index in [9.17, 15) is 9.59 Å². The maximum Gasteiger partial charge on any atom is 0.253 e. The molecule has 2 amide bonds. The summed E-state index contributed by atoms with van der Waals surface area (Å²) in [4.78, 5) is 90.1. The fourth-order valence-electron chi connectivity index (χ4n) is 16.8. The van der Waals surface area contributed by atoms with E-state index in [1.165, 1.54) is 6.42 Å². The highest BCUT2D eigenvalue weighted by molar-refractivity contribution is 5.95. The van der Waals surface area contributed by atoms with Crippen molar-refractivity contribution in [1.29, 1.82) is 0 Å². The number of fused-ring (bicyclic) bond motifs is 4. The SMILES string of the molecule is CCN(CC)c1cnc(NC2CCC(Oc3cc(N)cc4nccnc34)CC2)nc1.CCOCC.CCOCC.CCOCC.CCOCC.CNC(=O)c1ccc(NC2CCC(Oc3cc(N)cc4nccnc34)CC2)nc1.Nc1cc(OC2CCC(Nc3ccc(C(=O)N[C@H]4CCOC4)cn3)CC2)c2nccnc2c1.Nc1cc(OC2CCC(Nc3ncc(N4CCC4)cn3)CC2)c2nccnc2c1. The highest BCUT2D eigenvalue weighted by atomic mass is 16.5. The summed E-state index contributed by atoms with van der Waals surface area (Å²) in [7, 11) is 1.61. The first-order chi connectivity index (χ1) is 68.8. The van der Waals surface area contributed by atoms with Gasteiger partial charge in [0.2, 0.25) is 11.9 Å². The molecule has 0 spiro atoms. The van der Waals surface area contributed by atoms with Gasteiger partial charge in [0.25, 0.3) is 11.8 Å². The summed E-state index contributed by atoms with van der Waals surface area (Å²) in [6.07, 6.45) is 42.1. The zero-order chi connectivity index (χ0) is 99.9. The third-order valence-electron chi connectivity index (χ3n) is 24.3. The predicted molar refractivity (Wildman–Crippen MR) is 559 cm³/mol. The molecule has 1 atom stereocenters. The number of pyridine rings is 2. The molecule has 37 nitrogen and oxygen atoms in total. The summed E-state index contributed by atoms with van der Waals surface area (Å²) in [5.41, 5.74) is 35.8. The van der Waals surface area contributed by atoms with Crippen LogP contribution in [0.15, 0.2) is 160 Å². The molecule has 37 heteroatoms. The molecule has 10 heterocycles. The summed E-state index contributed by atoms with van der Waals surface area (Å²) in [6.45, 7) is 32.3. The first-order valence-corrected chi connectivity index (χ1v) is 50.0.